The summed E-state index contributed by atoms with van der Waals surface area (Å²) >= 11 is 0. The Morgan fingerprint density at radius 1 is 0.581 bits per heavy atom. The van der Waals surface area contributed by atoms with Crippen LogP contribution in [0.1, 0.15) is 151 Å². The Morgan fingerprint density at radius 3 is 1.32 bits per heavy atom. The van der Waals surface area contributed by atoms with Crippen LogP contribution in [0, 0.1) is 5.92 Å². The van der Waals surface area contributed by atoms with Crippen LogP contribution in [0.3, 0.4) is 0 Å². The van der Waals surface area contributed by atoms with Gasteiger partial charge in [-0.3, -0.25) is 0 Å². The van der Waals surface area contributed by atoms with Gasteiger partial charge in [-0.2, -0.15) is 0 Å². The highest BCUT2D eigenvalue weighted by Crippen LogP contribution is 2.47. The Balaban J connectivity index is 4.25. The molecular weight excluding hydrogens is 396 g/mol. The number of hydrogen-bond donors (Lipinski definition) is 0. The molecule has 3 heteroatoms. The molecule has 31 heavy (non-hydrogen) atoms. The van der Waals surface area contributed by atoms with E-state index in [0.717, 1.165) is 25.2 Å². The van der Waals surface area contributed by atoms with Crippen molar-refractivity contribution in [3.8, 4) is 0 Å². The molecule has 0 aliphatic rings. The fourth-order valence-corrected chi connectivity index (χ4v) is 9.51. The first-order chi connectivity index (χ1) is 14.9. The zero-order valence-corrected chi connectivity index (χ0v) is 23.8. The van der Waals surface area contributed by atoms with Crippen LogP contribution in [0.15, 0.2) is 0 Å². The van der Waals surface area contributed by atoms with Crippen molar-refractivity contribution in [2.45, 2.75) is 162 Å². The van der Waals surface area contributed by atoms with Gasteiger partial charge in [0.1, 0.15) is 0 Å². The van der Waals surface area contributed by atoms with Crippen LogP contribution in [0.5, 0.6) is 0 Å². The highest BCUT2D eigenvalue weighted by atomic mass is 28.4. The van der Waals surface area contributed by atoms with Crippen molar-refractivity contribution >= 4 is 8.56 Å². The molecule has 0 amide bonds. The third kappa shape index (κ3) is 13.4. The molecule has 0 unspecified atom stereocenters. The van der Waals surface area contributed by atoms with Gasteiger partial charge in [-0.05, 0) is 32.2 Å². The van der Waals surface area contributed by atoms with Gasteiger partial charge in [-0.15, -0.1) is 0 Å². The van der Waals surface area contributed by atoms with Gasteiger partial charge in [0.2, 0.25) is 0 Å². The van der Waals surface area contributed by atoms with Crippen molar-refractivity contribution in [1.29, 1.82) is 0 Å². The van der Waals surface area contributed by atoms with Gasteiger partial charge in [-0.1, -0.05) is 131 Å². The maximum Gasteiger partial charge on any atom is 0.344 e. The number of unbranched alkanes of at least 4 members (excludes halogenated alkanes) is 12. The van der Waals surface area contributed by atoms with Crippen LogP contribution in [0.25, 0.3) is 0 Å². The van der Waals surface area contributed by atoms with Crippen LogP contribution < -0.4 is 0 Å². The molecule has 2 nitrogen and oxygen atoms in total. The Morgan fingerprint density at radius 2 is 0.968 bits per heavy atom. The second-order valence-electron chi connectivity index (χ2n) is 10.4. The minimum Gasteiger partial charge on any atom is -0.394 e. The summed E-state index contributed by atoms with van der Waals surface area (Å²) in [7, 11) is -2.23. The Kier molecular flexibility index (Phi) is 19.7. The average Bonchev–Trinajstić information content (AvgIpc) is 2.75. The summed E-state index contributed by atoms with van der Waals surface area (Å²) in [6.07, 6.45) is 22.1. The quantitative estimate of drug-likeness (QED) is 0.112. The molecule has 0 atom stereocenters. The molecule has 0 rings (SSSR count). The van der Waals surface area contributed by atoms with E-state index in [0.29, 0.717) is 0 Å². The van der Waals surface area contributed by atoms with E-state index in [1.807, 2.05) is 0 Å². The molecule has 0 aromatic carbocycles. The summed E-state index contributed by atoms with van der Waals surface area (Å²) in [6.45, 7) is 17.7. The van der Waals surface area contributed by atoms with Gasteiger partial charge < -0.3 is 8.85 Å². The smallest absolute Gasteiger partial charge is 0.344 e. The van der Waals surface area contributed by atoms with Crippen molar-refractivity contribution in [3.63, 3.8) is 0 Å². The maximum atomic E-state index is 6.55. The van der Waals surface area contributed by atoms with Crippen molar-refractivity contribution in [3.05, 3.63) is 0 Å². The monoisotopic (exact) mass is 456 g/mol. The molecule has 0 radical (unpaired) electrons. The summed E-state index contributed by atoms with van der Waals surface area (Å²) in [4.78, 5) is 0. The van der Waals surface area contributed by atoms with Crippen molar-refractivity contribution in [1.82, 2.24) is 0 Å². The lowest BCUT2D eigenvalue weighted by atomic mass is 10.0. The van der Waals surface area contributed by atoms with E-state index in [1.165, 1.54) is 103 Å². The van der Waals surface area contributed by atoms with Crippen molar-refractivity contribution < 1.29 is 8.85 Å². The van der Waals surface area contributed by atoms with Gasteiger partial charge in [0.05, 0.1) is 0 Å². The standard InChI is InChI=1S/C28H60O2Si/c1-8-13-14-15-16-17-18-19-20-21-22-23-24-25-28(6,7)31(29-11-4,30-12-5)26-27(9-2)10-3/h27H,8-26H2,1-7H3. The SMILES string of the molecule is CCCCCCCCCCCCCCCC(C)(C)[Si](CC(CC)CC)(OCC)OCC. The summed E-state index contributed by atoms with van der Waals surface area (Å²) in [5, 5.41) is 0.180. The third-order valence-electron chi connectivity index (χ3n) is 7.40. The molecular formula is C28H60O2Si. The molecule has 188 valence electrons. The van der Waals surface area contributed by atoms with Gasteiger partial charge in [0.25, 0.3) is 0 Å². The summed E-state index contributed by atoms with van der Waals surface area (Å²) in [5.41, 5.74) is 0. The largest absolute Gasteiger partial charge is 0.394 e. The normalized spacial score (nSPS) is 12.8. The molecule has 0 bridgehead atoms. The lowest BCUT2D eigenvalue weighted by Crippen LogP contribution is -2.52. The predicted molar refractivity (Wildman–Crippen MR) is 142 cm³/mol. The highest BCUT2D eigenvalue weighted by Gasteiger charge is 2.52. The first kappa shape index (κ1) is 31.1. The molecule has 0 saturated heterocycles. The van der Waals surface area contributed by atoms with E-state index >= 15 is 0 Å². The summed E-state index contributed by atoms with van der Waals surface area (Å²) in [5.74, 6) is 0.732. The second kappa shape index (κ2) is 19.6. The van der Waals surface area contributed by atoms with Gasteiger partial charge in [-0.25, -0.2) is 0 Å². The van der Waals surface area contributed by atoms with Crippen molar-refractivity contribution in [2.75, 3.05) is 13.2 Å². The molecule has 0 saturated carbocycles. The first-order valence-corrected chi connectivity index (χ1v) is 16.2. The minimum atomic E-state index is -2.23. The van der Waals surface area contributed by atoms with E-state index in [4.69, 9.17) is 8.85 Å². The van der Waals surface area contributed by atoms with Gasteiger partial charge in [0.15, 0.2) is 0 Å². The number of rotatable bonds is 23. The molecule has 0 fully saturated rings. The predicted octanol–water partition coefficient (Wildman–Crippen LogP) is 10.2. The van der Waals surface area contributed by atoms with Crippen LogP contribution in [0.4, 0.5) is 0 Å². The Bertz CT molecular complexity index is 373. The lowest BCUT2D eigenvalue weighted by molar-refractivity contribution is 0.147. The zero-order valence-electron chi connectivity index (χ0n) is 22.8. The van der Waals surface area contributed by atoms with Gasteiger partial charge in [0, 0.05) is 18.3 Å². The molecule has 0 aromatic rings. The fourth-order valence-electron chi connectivity index (χ4n) is 5.03. The Labute approximate surface area is 198 Å². The summed E-state index contributed by atoms with van der Waals surface area (Å²) < 4.78 is 13.1. The van der Waals surface area contributed by atoms with Gasteiger partial charge >= 0.3 is 8.56 Å². The van der Waals surface area contributed by atoms with Crippen LogP contribution in [-0.2, 0) is 8.85 Å². The van der Waals surface area contributed by atoms with E-state index in [-0.39, 0.29) is 5.04 Å². The highest BCUT2D eigenvalue weighted by molar-refractivity contribution is 6.70. The molecule has 0 aliphatic carbocycles. The third-order valence-corrected chi connectivity index (χ3v) is 12.3. The van der Waals surface area contributed by atoms with Crippen LogP contribution >= 0.6 is 0 Å². The van der Waals surface area contributed by atoms with Crippen LogP contribution in [-0.4, -0.2) is 21.8 Å². The Hall–Kier alpha value is 0.137. The van der Waals surface area contributed by atoms with E-state index < -0.39 is 8.56 Å². The maximum absolute atomic E-state index is 6.55. The first-order valence-electron chi connectivity index (χ1n) is 14.2. The average molecular weight is 457 g/mol. The van der Waals surface area contributed by atoms with E-state index in [2.05, 4.69) is 48.5 Å². The van der Waals surface area contributed by atoms with Crippen LogP contribution in [0.2, 0.25) is 11.1 Å². The second-order valence-corrected chi connectivity index (χ2v) is 14.2. The van der Waals surface area contributed by atoms with Crippen molar-refractivity contribution in [2.24, 2.45) is 5.92 Å². The summed E-state index contributed by atoms with van der Waals surface area (Å²) in [6, 6.07) is 1.16. The topological polar surface area (TPSA) is 18.5 Å². The van der Waals surface area contributed by atoms with E-state index in [1.54, 1.807) is 0 Å². The minimum absolute atomic E-state index is 0.180. The molecule has 0 aliphatic heterocycles. The number of hydrogen-bond acceptors (Lipinski definition) is 2. The molecule has 0 heterocycles. The lowest BCUT2D eigenvalue weighted by Gasteiger charge is -2.44. The fraction of sp³-hybridized carbons (Fsp3) is 1.00. The molecule has 0 spiro atoms. The zero-order chi connectivity index (χ0) is 23.4. The molecule has 0 N–H and O–H groups in total. The van der Waals surface area contributed by atoms with E-state index in [9.17, 15) is 0 Å². The molecule has 0 aromatic heterocycles.